The Kier molecular flexibility index (Phi) is 2.32. The summed E-state index contributed by atoms with van der Waals surface area (Å²) in [5.41, 5.74) is 0.224. The number of nitrogens with one attached hydrogen (secondary N) is 1. The Balaban J connectivity index is 2.39. The first-order valence-corrected chi connectivity index (χ1v) is 4.89. The number of benzene rings is 1. The highest BCUT2D eigenvalue weighted by atomic mass is 32.1. The quantitative estimate of drug-likeness (QED) is 0.587. The standard InChI is InChI=1S/C10H13NOS/c12-10(5-6-11-7-10)8-3-1-2-4-9(8)13/h1-4,11-13H,5-7H2. The van der Waals surface area contributed by atoms with E-state index in [4.69, 9.17) is 0 Å². The summed E-state index contributed by atoms with van der Waals surface area (Å²) in [6.45, 7) is 1.50. The van der Waals surface area contributed by atoms with Crippen LogP contribution in [0.15, 0.2) is 29.2 Å². The third-order valence-electron chi connectivity index (χ3n) is 2.54. The molecule has 1 aromatic rings. The van der Waals surface area contributed by atoms with Crippen LogP contribution in [0.5, 0.6) is 0 Å². The molecule has 13 heavy (non-hydrogen) atoms. The summed E-state index contributed by atoms with van der Waals surface area (Å²) < 4.78 is 0. The van der Waals surface area contributed by atoms with Crippen molar-refractivity contribution in [3.05, 3.63) is 29.8 Å². The molecule has 0 aromatic heterocycles. The van der Waals surface area contributed by atoms with E-state index in [1.54, 1.807) is 0 Å². The Morgan fingerprint density at radius 3 is 2.77 bits per heavy atom. The average molecular weight is 195 g/mol. The highest BCUT2D eigenvalue weighted by Crippen LogP contribution is 2.31. The van der Waals surface area contributed by atoms with Crippen molar-refractivity contribution in [1.29, 1.82) is 0 Å². The maximum Gasteiger partial charge on any atom is 0.104 e. The molecule has 2 rings (SSSR count). The highest BCUT2D eigenvalue weighted by molar-refractivity contribution is 7.80. The minimum absolute atomic E-state index is 0.630. The van der Waals surface area contributed by atoms with Crippen molar-refractivity contribution in [2.45, 2.75) is 16.9 Å². The summed E-state index contributed by atoms with van der Waals surface area (Å²) in [7, 11) is 0. The molecule has 1 unspecified atom stereocenters. The van der Waals surface area contributed by atoms with Crippen molar-refractivity contribution in [3.63, 3.8) is 0 Å². The van der Waals surface area contributed by atoms with Gasteiger partial charge in [0.15, 0.2) is 0 Å². The smallest absolute Gasteiger partial charge is 0.104 e. The maximum atomic E-state index is 10.2. The molecule has 1 atom stereocenters. The summed E-state index contributed by atoms with van der Waals surface area (Å²) in [4.78, 5) is 0.869. The lowest BCUT2D eigenvalue weighted by molar-refractivity contribution is 0.0560. The van der Waals surface area contributed by atoms with Crippen molar-refractivity contribution in [2.24, 2.45) is 0 Å². The molecule has 0 spiro atoms. The van der Waals surface area contributed by atoms with E-state index >= 15 is 0 Å². The van der Waals surface area contributed by atoms with Crippen molar-refractivity contribution in [2.75, 3.05) is 13.1 Å². The van der Waals surface area contributed by atoms with Gasteiger partial charge in [0.05, 0.1) is 0 Å². The number of β-amino-alcohol motifs (C(OH)–C–C–N with tert-alkyl or cyclic N) is 1. The maximum absolute atomic E-state index is 10.2. The van der Waals surface area contributed by atoms with Gasteiger partial charge < -0.3 is 10.4 Å². The molecule has 70 valence electrons. The monoisotopic (exact) mass is 195 g/mol. The topological polar surface area (TPSA) is 32.3 Å². The Bertz CT molecular complexity index is 308. The van der Waals surface area contributed by atoms with E-state index < -0.39 is 5.60 Å². The third kappa shape index (κ3) is 1.59. The second-order valence-corrected chi connectivity index (χ2v) is 3.96. The third-order valence-corrected chi connectivity index (χ3v) is 2.93. The summed E-state index contributed by atoms with van der Waals surface area (Å²) in [6, 6.07) is 7.72. The van der Waals surface area contributed by atoms with Crippen LogP contribution >= 0.6 is 12.6 Å². The number of thiol groups is 1. The van der Waals surface area contributed by atoms with Crippen LogP contribution in [0.2, 0.25) is 0 Å². The van der Waals surface area contributed by atoms with Gasteiger partial charge in [0.25, 0.3) is 0 Å². The van der Waals surface area contributed by atoms with E-state index in [1.807, 2.05) is 24.3 Å². The van der Waals surface area contributed by atoms with Crippen LogP contribution in [0.3, 0.4) is 0 Å². The van der Waals surface area contributed by atoms with E-state index in [1.165, 1.54) is 0 Å². The number of rotatable bonds is 1. The normalized spacial score (nSPS) is 27.8. The average Bonchev–Trinajstić information content (AvgIpc) is 2.54. The molecule has 1 aliphatic rings. The summed E-state index contributed by atoms with van der Waals surface area (Å²) >= 11 is 4.34. The highest BCUT2D eigenvalue weighted by Gasteiger charge is 2.33. The Morgan fingerprint density at radius 2 is 2.15 bits per heavy atom. The first-order chi connectivity index (χ1) is 6.22. The van der Waals surface area contributed by atoms with Crippen molar-refractivity contribution < 1.29 is 5.11 Å². The second-order valence-electron chi connectivity index (χ2n) is 3.48. The van der Waals surface area contributed by atoms with Gasteiger partial charge in [-0.1, -0.05) is 18.2 Å². The molecule has 0 amide bonds. The van der Waals surface area contributed by atoms with Crippen LogP contribution in [0.4, 0.5) is 0 Å². The molecule has 0 bridgehead atoms. The molecule has 1 fully saturated rings. The molecule has 1 saturated heterocycles. The lowest BCUT2D eigenvalue weighted by Gasteiger charge is -2.23. The lowest BCUT2D eigenvalue weighted by atomic mass is 9.93. The van der Waals surface area contributed by atoms with Crippen molar-refractivity contribution >= 4 is 12.6 Å². The molecule has 1 heterocycles. The fourth-order valence-electron chi connectivity index (χ4n) is 1.78. The molecule has 2 N–H and O–H groups in total. The Labute approximate surface area is 83.4 Å². The summed E-state index contributed by atoms with van der Waals surface area (Å²) in [5, 5.41) is 13.4. The fraction of sp³-hybridized carbons (Fsp3) is 0.400. The van der Waals surface area contributed by atoms with Crippen LogP contribution in [0.25, 0.3) is 0 Å². The predicted molar refractivity (Wildman–Crippen MR) is 55.1 cm³/mol. The van der Waals surface area contributed by atoms with Crippen LogP contribution in [-0.4, -0.2) is 18.2 Å². The molecule has 2 nitrogen and oxygen atoms in total. The van der Waals surface area contributed by atoms with Crippen LogP contribution in [0.1, 0.15) is 12.0 Å². The Hall–Kier alpha value is -0.510. The zero-order chi connectivity index (χ0) is 9.31. The van der Waals surface area contributed by atoms with Gasteiger partial charge in [0.2, 0.25) is 0 Å². The molecule has 1 aromatic carbocycles. The zero-order valence-electron chi connectivity index (χ0n) is 7.33. The number of hydrogen-bond donors (Lipinski definition) is 3. The zero-order valence-corrected chi connectivity index (χ0v) is 8.22. The molecular weight excluding hydrogens is 182 g/mol. The molecule has 0 aliphatic carbocycles. The fourth-order valence-corrected chi connectivity index (χ4v) is 2.14. The Morgan fingerprint density at radius 1 is 1.38 bits per heavy atom. The largest absolute Gasteiger partial charge is 0.384 e. The number of aliphatic hydroxyl groups is 1. The molecule has 0 radical (unpaired) electrons. The summed E-state index contributed by atoms with van der Waals surface area (Å²) in [5.74, 6) is 0. The van der Waals surface area contributed by atoms with Gasteiger partial charge in [0, 0.05) is 11.4 Å². The van der Waals surface area contributed by atoms with Crippen LogP contribution < -0.4 is 5.32 Å². The van der Waals surface area contributed by atoms with Gasteiger partial charge in [-0.2, -0.15) is 0 Å². The van der Waals surface area contributed by atoms with E-state index in [2.05, 4.69) is 17.9 Å². The van der Waals surface area contributed by atoms with Crippen LogP contribution in [0, 0.1) is 0 Å². The van der Waals surface area contributed by atoms with E-state index in [0.29, 0.717) is 6.54 Å². The SMILES string of the molecule is OC1(c2ccccc2S)CCNC1. The minimum Gasteiger partial charge on any atom is -0.384 e. The van der Waals surface area contributed by atoms with Crippen LogP contribution in [-0.2, 0) is 5.60 Å². The van der Waals surface area contributed by atoms with Gasteiger partial charge >= 0.3 is 0 Å². The lowest BCUT2D eigenvalue weighted by Crippen LogP contribution is -2.28. The predicted octanol–water partition coefficient (Wildman–Crippen LogP) is 1.16. The van der Waals surface area contributed by atoms with Gasteiger partial charge in [-0.05, 0) is 24.6 Å². The van der Waals surface area contributed by atoms with Crippen molar-refractivity contribution in [3.8, 4) is 0 Å². The minimum atomic E-state index is -0.710. The van der Waals surface area contributed by atoms with Gasteiger partial charge in [-0.3, -0.25) is 0 Å². The molecule has 0 saturated carbocycles. The van der Waals surface area contributed by atoms with E-state index in [9.17, 15) is 5.11 Å². The molecular formula is C10H13NOS. The van der Waals surface area contributed by atoms with E-state index in [-0.39, 0.29) is 0 Å². The van der Waals surface area contributed by atoms with Gasteiger partial charge in [-0.25, -0.2) is 0 Å². The second kappa shape index (κ2) is 3.33. The van der Waals surface area contributed by atoms with E-state index in [0.717, 1.165) is 23.4 Å². The number of hydrogen-bond acceptors (Lipinski definition) is 3. The first kappa shape index (κ1) is 9.06. The van der Waals surface area contributed by atoms with Gasteiger partial charge in [-0.15, -0.1) is 12.6 Å². The van der Waals surface area contributed by atoms with Gasteiger partial charge in [0.1, 0.15) is 5.60 Å². The summed E-state index contributed by atoms with van der Waals surface area (Å²) in [6.07, 6.45) is 0.768. The first-order valence-electron chi connectivity index (χ1n) is 4.44. The molecule has 3 heteroatoms. The molecule has 1 aliphatic heterocycles. The van der Waals surface area contributed by atoms with Crippen molar-refractivity contribution in [1.82, 2.24) is 5.32 Å².